The van der Waals surface area contributed by atoms with Crippen LogP contribution in [0.15, 0.2) is 77.7 Å². The van der Waals surface area contributed by atoms with Crippen LogP contribution in [-0.4, -0.2) is 87.0 Å². The first kappa shape index (κ1) is 36.7. The summed E-state index contributed by atoms with van der Waals surface area (Å²) in [7, 11) is -3.81. The first-order chi connectivity index (χ1) is 24.1. The summed E-state index contributed by atoms with van der Waals surface area (Å²) in [6.45, 7) is 3.93. The van der Waals surface area contributed by atoms with Crippen molar-refractivity contribution >= 4 is 26.6 Å². The van der Waals surface area contributed by atoms with E-state index in [1.54, 1.807) is 0 Å². The van der Waals surface area contributed by atoms with Crippen LogP contribution in [0, 0.1) is 0 Å². The Bertz CT molecular complexity index is 1990. The van der Waals surface area contributed by atoms with E-state index in [2.05, 4.69) is 15.2 Å². The van der Waals surface area contributed by atoms with Crippen molar-refractivity contribution < 1.29 is 44.3 Å². The Morgan fingerprint density at radius 2 is 1.61 bits per heavy atom. The molecule has 1 aromatic heterocycles. The maximum absolute atomic E-state index is 14.5. The lowest BCUT2D eigenvalue weighted by Gasteiger charge is -2.40. The van der Waals surface area contributed by atoms with E-state index in [1.165, 1.54) is 60.7 Å². The fourth-order valence-electron chi connectivity index (χ4n) is 6.82. The van der Waals surface area contributed by atoms with Gasteiger partial charge in [0.1, 0.15) is 0 Å². The van der Waals surface area contributed by atoms with Gasteiger partial charge in [0.2, 0.25) is 0 Å². The van der Waals surface area contributed by atoms with Crippen molar-refractivity contribution in [1.82, 2.24) is 20.1 Å². The van der Waals surface area contributed by atoms with E-state index >= 15 is 0 Å². The zero-order valence-corrected chi connectivity index (χ0v) is 28.4. The fourth-order valence-corrected chi connectivity index (χ4v) is 7.46. The summed E-state index contributed by atoms with van der Waals surface area (Å²) in [4.78, 5) is 23.2. The molecule has 4 aromatic rings. The Hall–Kier alpha value is -4.05. The van der Waals surface area contributed by atoms with Gasteiger partial charge in [-0.05, 0) is 55.8 Å². The molecule has 0 saturated carbocycles. The topological polar surface area (TPSA) is 91.8 Å². The second kappa shape index (κ2) is 14.5. The molecule has 0 spiro atoms. The van der Waals surface area contributed by atoms with Crippen LogP contribution in [0.1, 0.15) is 45.9 Å². The zero-order valence-electron chi connectivity index (χ0n) is 27.6. The molecule has 1 atom stereocenters. The van der Waals surface area contributed by atoms with E-state index in [9.17, 15) is 39.6 Å². The van der Waals surface area contributed by atoms with Crippen LogP contribution >= 0.6 is 0 Å². The highest BCUT2D eigenvalue weighted by molar-refractivity contribution is 7.90. The van der Waals surface area contributed by atoms with Crippen LogP contribution in [-0.2, 0) is 27.3 Å². The van der Waals surface area contributed by atoms with Gasteiger partial charge in [0, 0.05) is 48.4 Å². The lowest BCUT2D eigenvalue weighted by Crippen LogP contribution is -2.48. The number of nitrogens with one attached hydrogen (secondary N) is 1. The van der Waals surface area contributed by atoms with Crippen LogP contribution in [0.5, 0.6) is 0 Å². The molecule has 0 aliphatic carbocycles. The monoisotopic (exact) mass is 734 g/mol. The molecule has 6 rings (SSSR count). The summed E-state index contributed by atoms with van der Waals surface area (Å²) in [6.07, 6.45) is -7.17. The molecule has 0 radical (unpaired) electrons. The first-order valence-corrected chi connectivity index (χ1v) is 18.3. The number of ether oxygens (including phenoxy) is 1. The number of morpholine rings is 1. The third kappa shape index (κ3) is 8.37. The highest BCUT2D eigenvalue weighted by Crippen LogP contribution is 2.38. The number of hydrogen-bond donors (Lipinski definition) is 1. The molecule has 272 valence electrons. The van der Waals surface area contributed by atoms with Crippen molar-refractivity contribution in [3.05, 3.63) is 95.1 Å². The van der Waals surface area contributed by atoms with Gasteiger partial charge in [-0.3, -0.25) is 14.6 Å². The molecular formula is C36H36F6N4O4S. The molecule has 51 heavy (non-hydrogen) atoms. The predicted octanol–water partition coefficient (Wildman–Crippen LogP) is 6.65. The first-order valence-electron chi connectivity index (χ1n) is 16.4. The Kier molecular flexibility index (Phi) is 10.5. The standard InChI is InChI=1S/C36H36F6N4O4S/c1-51(48,49)27-10-11-28-30(21-27)43-32(24-8-5-9-25(20-24)35(37,38)39)29(22-45-14-12-26(13-15-45)46-16-18-50-19-17-46)31(28)34(47)44-33(36(40,41)42)23-6-3-2-4-7-23/h2-11,20-21,26,33H,12-19,22H2,1H3,(H,44,47)/t33-/m1/s1. The molecule has 1 N–H and O–H groups in total. The van der Waals surface area contributed by atoms with Crippen molar-refractivity contribution in [1.29, 1.82) is 0 Å². The summed E-state index contributed by atoms with van der Waals surface area (Å²) >= 11 is 0. The van der Waals surface area contributed by atoms with Crippen molar-refractivity contribution in [3.8, 4) is 11.3 Å². The summed E-state index contributed by atoms with van der Waals surface area (Å²) in [5, 5.41) is 2.20. The highest BCUT2D eigenvalue weighted by Gasteiger charge is 2.43. The third-order valence-electron chi connectivity index (χ3n) is 9.41. The number of amides is 1. The maximum atomic E-state index is 14.5. The lowest BCUT2D eigenvalue weighted by atomic mass is 9.93. The minimum absolute atomic E-state index is 0.0110. The van der Waals surface area contributed by atoms with E-state index in [-0.39, 0.29) is 56.3 Å². The summed E-state index contributed by atoms with van der Waals surface area (Å²) in [5.74, 6) is -1.13. The maximum Gasteiger partial charge on any atom is 0.416 e. The van der Waals surface area contributed by atoms with Crippen molar-refractivity contribution in [3.63, 3.8) is 0 Å². The number of piperidine rings is 1. The Labute approximate surface area is 291 Å². The van der Waals surface area contributed by atoms with Gasteiger partial charge in [-0.15, -0.1) is 0 Å². The number of nitrogens with zero attached hydrogens (tertiary/aromatic N) is 3. The minimum atomic E-state index is -4.91. The summed E-state index contributed by atoms with van der Waals surface area (Å²) in [5.41, 5.74) is -1.48. The lowest BCUT2D eigenvalue weighted by molar-refractivity contribution is -0.155. The molecule has 2 aliphatic heterocycles. The van der Waals surface area contributed by atoms with E-state index in [1.807, 2.05) is 4.90 Å². The normalized spacial score (nSPS) is 17.8. The fraction of sp³-hybridized carbons (Fsp3) is 0.389. The van der Waals surface area contributed by atoms with Gasteiger partial charge in [-0.25, -0.2) is 13.4 Å². The molecule has 3 heterocycles. The predicted molar refractivity (Wildman–Crippen MR) is 179 cm³/mol. The largest absolute Gasteiger partial charge is 0.416 e. The van der Waals surface area contributed by atoms with Gasteiger partial charge in [-0.2, -0.15) is 26.3 Å². The molecule has 15 heteroatoms. The molecular weight excluding hydrogens is 698 g/mol. The Morgan fingerprint density at radius 1 is 0.922 bits per heavy atom. The number of aromatic nitrogens is 1. The second-order valence-corrected chi connectivity index (χ2v) is 14.9. The molecule has 2 aliphatic rings. The summed E-state index contributed by atoms with van der Waals surface area (Å²) in [6, 6.07) is 12.7. The highest BCUT2D eigenvalue weighted by atomic mass is 32.2. The minimum Gasteiger partial charge on any atom is -0.379 e. The molecule has 2 fully saturated rings. The van der Waals surface area contributed by atoms with Crippen LogP contribution in [0.2, 0.25) is 0 Å². The average molecular weight is 735 g/mol. The molecule has 1 amide bonds. The Balaban J connectivity index is 1.51. The molecule has 8 nitrogen and oxygen atoms in total. The molecule has 2 saturated heterocycles. The summed E-state index contributed by atoms with van der Waals surface area (Å²) < 4.78 is 116. The number of likely N-dealkylation sites (tertiary alicyclic amines) is 1. The van der Waals surface area contributed by atoms with E-state index < -0.39 is 39.7 Å². The molecule has 0 unspecified atom stereocenters. The SMILES string of the molecule is CS(=O)(=O)c1ccc2c(C(=O)N[C@H](c3ccccc3)C(F)(F)F)c(CN3CCC(N4CCOCC4)CC3)c(-c3cccc(C(F)(F)F)c3)nc2c1. The van der Waals surface area contributed by atoms with Gasteiger partial charge in [-0.1, -0.05) is 48.5 Å². The number of benzene rings is 3. The molecule has 3 aromatic carbocycles. The van der Waals surface area contributed by atoms with Gasteiger partial charge in [0.05, 0.1) is 40.4 Å². The number of sulfone groups is 1. The van der Waals surface area contributed by atoms with Crippen molar-refractivity contribution in [2.75, 3.05) is 45.6 Å². The number of fused-ring (bicyclic) bond motifs is 1. The Morgan fingerprint density at radius 3 is 2.24 bits per heavy atom. The smallest absolute Gasteiger partial charge is 0.379 e. The van der Waals surface area contributed by atoms with Crippen LogP contribution in [0.4, 0.5) is 26.3 Å². The number of rotatable bonds is 8. The number of hydrogen-bond acceptors (Lipinski definition) is 7. The second-order valence-electron chi connectivity index (χ2n) is 12.9. The number of carbonyl (C=O) groups is 1. The van der Waals surface area contributed by atoms with Crippen LogP contribution in [0.25, 0.3) is 22.2 Å². The van der Waals surface area contributed by atoms with Crippen LogP contribution in [0.3, 0.4) is 0 Å². The number of alkyl halides is 6. The number of halogens is 6. The van der Waals surface area contributed by atoms with E-state index in [0.29, 0.717) is 26.3 Å². The quantitative estimate of drug-likeness (QED) is 0.203. The van der Waals surface area contributed by atoms with Crippen molar-refractivity contribution in [2.24, 2.45) is 0 Å². The van der Waals surface area contributed by atoms with Gasteiger partial charge in [0.25, 0.3) is 5.91 Å². The molecule has 0 bridgehead atoms. The number of carbonyl (C=O) groups excluding carboxylic acids is 1. The average Bonchev–Trinajstić information content (AvgIpc) is 3.10. The van der Waals surface area contributed by atoms with Gasteiger partial charge in [0.15, 0.2) is 15.9 Å². The zero-order chi connectivity index (χ0) is 36.6. The van der Waals surface area contributed by atoms with Gasteiger partial charge < -0.3 is 10.1 Å². The third-order valence-corrected chi connectivity index (χ3v) is 10.5. The van der Waals surface area contributed by atoms with E-state index in [4.69, 9.17) is 4.74 Å². The van der Waals surface area contributed by atoms with E-state index in [0.717, 1.165) is 44.3 Å². The van der Waals surface area contributed by atoms with Gasteiger partial charge >= 0.3 is 12.4 Å². The van der Waals surface area contributed by atoms with Crippen LogP contribution < -0.4 is 5.32 Å². The number of pyridine rings is 1. The van der Waals surface area contributed by atoms with Crippen molar-refractivity contribution in [2.45, 2.75) is 48.7 Å².